The van der Waals surface area contributed by atoms with Gasteiger partial charge in [-0.15, -0.1) is 11.6 Å². The highest BCUT2D eigenvalue weighted by Gasteiger charge is 2.11. The first-order valence-corrected chi connectivity index (χ1v) is 7.62. The van der Waals surface area contributed by atoms with Crippen LogP contribution in [0.1, 0.15) is 11.1 Å². The molecule has 0 heterocycles. The summed E-state index contributed by atoms with van der Waals surface area (Å²) in [6.45, 7) is 0. The van der Waals surface area contributed by atoms with Gasteiger partial charge in [0.1, 0.15) is 5.82 Å². The lowest BCUT2D eigenvalue weighted by atomic mass is 9.94. The maximum atomic E-state index is 13.4. The Balaban J connectivity index is 2.04. The van der Waals surface area contributed by atoms with Crippen LogP contribution < -0.4 is 0 Å². The van der Waals surface area contributed by atoms with Crippen molar-refractivity contribution in [1.82, 2.24) is 0 Å². The SMILES string of the molecule is Fc1cc(CC(CCl)Cc2ccc(Cl)cc2)ccc1Cl. The second-order valence-electron chi connectivity index (χ2n) is 4.80. The van der Waals surface area contributed by atoms with Gasteiger partial charge in [-0.1, -0.05) is 41.4 Å². The van der Waals surface area contributed by atoms with Gasteiger partial charge < -0.3 is 0 Å². The zero-order valence-electron chi connectivity index (χ0n) is 10.8. The lowest BCUT2D eigenvalue weighted by Crippen LogP contribution is -2.10. The lowest BCUT2D eigenvalue weighted by Gasteiger charge is -2.14. The van der Waals surface area contributed by atoms with Gasteiger partial charge in [0.15, 0.2) is 0 Å². The first-order chi connectivity index (χ1) is 9.58. The summed E-state index contributed by atoms with van der Waals surface area (Å²) in [5.74, 6) is 0.384. The molecule has 0 nitrogen and oxygen atoms in total. The summed E-state index contributed by atoms with van der Waals surface area (Å²) in [6, 6.07) is 12.6. The smallest absolute Gasteiger partial charge is 0.142 e. The molecule has 106 valence electrons. The van der Waals surface area contributed by atoms with E-state index in [2.05, 4.69) is 0 Å². The number of rotatable bonds is 5. The fraction of sp³-hybridized carbons (Fsp3) is 0.250. The van der Waals surface area contributed by atoms with Gasteiger partial charge >= 0.3 is 0 Å². The Kier molecular flexibility index (Phi) is 5.71. The number of benzene rings is 2. The molecule has 0 radical (unpaired) electrons. The highest BCUT2D eigenvalue weighted by atomic mass is 35.5. The molecular weight excluding hydrogens is 318 g/mol. The Morgan fingerprint density at radius 2 is 1.50 bits per heavy atom. The molecule has 0 aromatic heterocycles. The number of halogens is 4. The largest absolute Gasteiger partial charge is 0.205 e. The van der Waals surface area contributed by atoms with Crippen LogP contribution in [0.25, 0.3) is 0 Å². The average Bonchev–Trinajstić information content (AvgIpc) is 2.44. The molecule has 0 aliphatic carbocycles. The Hall–Kier alpha value is -0.760. The Bertz CT molecular complexity index is 566. The molecule has 0 saturated heterocycles. The summed E-state index contributed by atoms with van der Waals surface area (Å²) in [6.07, 6.45) is 1.56. The third-order valence-electron chi connectivity index (χ3n) is 3.16. The van der Waals surface area contributed by atoms with E-state index in [-0.39, 0.29) is 16.8 Å². The third-order valence-corrected chi connectivity index (χ3v) is 4.16. The van der Waals surface area contributed by atoms with Crippen LogP contribution in [0.3, 0.4) is 0 Å². The van der Waals surface area contributed by atoms with E-state index in [0.717, 1.165) is 23.4 Å². The van der Waals surface area contributed by atoms with Crippen molar-refractivity contribution in [2.75, 3.05) is 5.88 Å². The summed E-state index contributed by atoms with van der Waals surface area (Å²) in [7, 11) is 0. The monoisotopic (exact) mass is 330 g/mol. The van der Waals surface area contributed by atoms with Crippen LogP contribution in [0.5, 0.6) is 0 Å². The predicted octanol–water partition coefficient (Wildman–Crippen LogP) is 5.77. The Morgan fingerprint density at radius 3 is 2.10 bits per heavy atom. The van der Waals surface area contributed by atoms with E-state index < -0.39 is 0 Å². The second kappa shape index (κ2) is 7.31. The minimum atomic E-state index is -0.385. The molecule has 2 aromatic rings. The van der Waals surface area contributed by atoms with Crippen LogP contribution in [0.2, 0.25) is 10.0 Å². The minimum absolute atomic E-state index is 0.147. The van der Waals surface area contributed by atoms with Gasteiger partial charge in [-0.25, -0.2) is 4.39 Å². The first kappa shape index (κ1) is 15.6. The van der Waals surface area contributed by atoms with Gasteiger partial charge in [0.25, 0.3) is 0 Å². The third kappa shape index (κ3) is 4.37. The molecule has 0 fully saturated rings. The van der Waals surface area contributed by atoms with Crippen LogP contribution in [-0.2, 0) is 12.8 Å². The minimum Gasteiger partial charge on any atom is -0.205 e. The van der Waals surface area contributed by atoms with Crippen molar-refractivity contribution in [3.63, 3.8) is 0 Å². The van der Waals surface area contributed by atoms with E-state index >= 15 is 0 Å². The van der Waals surface area contributed by atoms with Crippen LogP contribution in [-0.4, -0.2) is 5.88 Å². The fourth-order valence-electron chi connectivity index (χ4n) is 2.14. The summed E-state index contributed by atoms with van der Waals surface area (Å²) >= 11 is 17.6. The van der Waals surface area contributed by atoms with E-state index in [1.54, 1.807) is 6.07 Å². The Labute approximate surface area is 133 Å². The number of alkyl halides is 1. The molecule has 1 atom stereocenters. The van der Waals surface area contributed by atoms with Gasteiger partial charge in [0.2, 0.25) is 0 Å². The predicted molar refractivity (Wildman–Crippen MR) is 84.5 cm³/mol. The van der Waals surface area contributed by atoms with Gasteiger partial charge in [-0.3, -0.25) is 0 Å². The van der Waals surface area contributed by atoms with Gasteiger partial charge in [0, 0.05) is 10.9 Å². The maximum absolute atomic E-state index is 13.4. The van der Waals surface area contributed by atoms with Crippen LogP contribution in [0.4, 0.5) is 4.39 Å². The Morgan fingerprint density at radius 1 is 0.900 bits per heavy atom. The number of hydrogen-bond donors (Lipinski definition) is 0. The lowest BCUT2D eigenvalue weighted by molar-refractivity contribution is 0.576. The summed E-state index contributed by atoms with van der Waals surface area (Å²) in [5.41, 5.74) is 2.08. The number of hydrogen-bond acceptors (Lipinski definition) is 0. The van der Waals surface area contributed by atoms with Crippen LogP contribution in [0.15, 0.2) is 42.5 Å². The summed E-state index contributed by atoms with van der Waals surface area (Å²) in [4.78, 5) is 0. The molecule has 4 heteroatoms. The van der Waals surface area contributed by atoms with E-state index in [9.17, 15) is 4.39 Å². The topological polar surface area (TPSA) is 0 Å². The standard InChI is InChI=1S/C16H14Cl3F/c17-10-13(7-11-1-4-14(18)5-2-11)8-12-3-6-15(19)16(20)9-12/h1-6,9,13H,7-8,10H2. The zero-order valence-corrected chi connectivity index (χ0v) is 13.0. The van der Waals surface area contributed by atoms with Crippen molar-refractivity contribution in [3.05, 3.63) is 69.5 Å². The maximum Gasteiger partial charge on any atom is 0.142 e. The van der Waals surface area contributed by atoms with Crippen molar-refractivity contribution in [2.45, 2.75) is 12.8 Å². The van der Waals surface area contributed by atoms with E-state index in [1.807, 2.05) is 30.3 Å². The first-order valence-electron chi connectivity index (χ1n) is 6.33. The molecule has 0 saturated carbocycles. The molecule has 0 aliphatic heterocycles. The van der Waals surface area contributed by atoms with Crippen LogP contribution >= 0.6 is 34.8 Å². The summed E-state index contributed by atoms with van der Waals surface area (Å²) < 4.78 is 13.4. The molecular formula is C16H14Cl3F. The molecule has 1 unspecified atom stereocenters. The van der Waals surface area contributed by atoms with Crippen molar-refractivity contribution in [1.29, 1.82) is 0 Å². The van der Waals surface area contributed by atoms with Crippen LogP contribution in [0, 0.1) is 11.7 Å². The molecule has 2 rings (SSSR count). The fourth-order valence-corrected chi connectivity index (χ4v) is 2.60. The van der Waals surface area contributed by atoms with Gasteiger partial charge in [0.05, 0.1) is 5.02 Å². The van der Waals surface area contributed by atoms with Crippen molar-refractivity contribution < 1.29 is 4.39 Å². The average molecular weight is 332 g/mol. The van der Waals surface area contributed by atoms with Crippen molar-refractivity contribution >= 4 is 34.8 Å². The summed E-state index contributed by atoms with van der Waals surface area (Å²) in [5, 5.41) is 0.866. The van der Waals surface area contributed by atoms with Gasteiger partial charge in [-0.2, -0.15) is 0 Å². The molecule has 2 aromatic carbocycles. The van der Waals surface area contributed by atoms with Crippen molar-refractivity contribution in [2.24, 2.45) is 5.92 Å². The molecule has 0 spiro atoms. The van der Waals surface area contributed by atoms with E-state index in [1.165, 1.54) is 11.6 Å². The van der Waals surface area contributed by atoms with E-state index in [4.69, 9.17) is 34.8 Å². The molecule has 0 N–H and O–H groups in total. The zero-order chi connectivity index (χ0) is 14.5. The molecule has 0 aliphatic rings. The highest BCUT2D eigenvalue weighted by Crippen LogP contribution is 2.21. The van der Waals surface area contributed by atoms with Gasteiger partial charge in [-0.05, 0) is 54.2 Å². The molecule has 20 heavy (non-hydrogen) atoms. The van der Waals surface area contributed by atoms with E-state index in [0.29, 0.717) is 5.88 Å². The highest BCUT2D eigenvalue weighted by molar-refractivity contribution is 6.30. The molecule has 0 bridgehead atoms. The second-order valence-corrected chi connectivity index (χ2v) is 5.96. The normalized spacial score (nSPS) is 12.4. The quantitative estimate of drug-likeness (QED) is 0.610. The molecule has 0 amide bonds. The van der Waals surface area contributed by atoms with Crippen molar-refractivity contribution in [3.8, 4) is 0 Å².